The zero-order valence-electron chi connectivity index (χ0n) is 9.32. The second kappa shape index (κ2) is 7.12. The highest BCUT2D eigenvalue weighted by Crippen LogP contribution is 2.13. The summed E-state index contributed by atoms with van der Waals surface area (Å²) < 4.78 is 0. The van der Waals surface area contributed by atoms with E-state index in [1.807, 2.05) is 12.1 Å². The van der Waals surface area contributed by atoms with Gasteiger partial charge >= 0.3 is 0 Å². The molecular weight excluding hydrogens is 186 g/mol. The molecule has 1 aromatic heterocycles. The lowest BCUT2D eigenvalue weighted by Gasteiger charge is -2.15. The minimum Gasteiger partial charge on any atom is -0.307 e. The standard InChI is InChI=1S/C12H19N3/c1-3-5-7-11(13-8-4-2)12-14-9-6-10-15-12/h3,6,9-11,13H,1,4-5,7-8H2,2H3. The summed E-state index contributed by atoms with van der Waals surface area (Å²) in [6.45, 7) is 6.89. The molecule has 0 saturated carbocycles. The molecule has 0 aliphatic carbocycles. The summed E-state index contributed by atoms with van der Waals surface area (Å²) >= 11 is 0. The molecule has 1 heterocycles. The van der Waals surface area contributed by atoms with Gasteiger partial charge in [0.25, 0.3) is 0 Å². The number of aromatic nitrogens is 2. The molecule has 0 bridgehead atoms. The Morgan fingerprint density at radius 2 is 2.20 bits per heavy atom. The lowest BCUT2D eigenvalue weighted by Crippen LogP contribution is -2.23. The van der Waals surface area contributed by atoms with E-state index < -0.39 is 0 Å². The third-order valence-corrected chi connectivity index (χ3v) is 2.20. The second-order valence-corrected chi connectivity index (χ2v) is 3.48. The summed E-state index contributed by atoms with van der Waals surface area (Å²) in [5.41, 5.74) is 0. The predicted octanol–water partition coefficient (Wildman–Crippen LogP) is 2.48. The zero-order valence-corrected chi connectivity index (χ0v) is 9.32. The van der Waals surface area contributed by atoms with Crippen molar-refractivity contribution in [1.82, 2.24) is 15.3 Å². The molecule has 15 heavy (non-hydrogen) atoms. The molecule has 0 aliphatic heterocycles. The van der Waals surface area contributed by atoms with Crippen LogP contribution >= 0.6 is 0 Å². The van der Waals surface area contributed by atoms with Crippen molar-refractivity contribution in [3.8, 4) is 0 Å². The van der Waals surface area contributed by atoms with E-state index in [9.17, 15) is 0 Å². The monoisotopic (exact) mass is 205 g/mol. The fourth-order valence-electron chi connectivity index (χ4n) is 1.42. The van der Waals surface area contributed by atoms with Crippen molar-refractivity contribution in [3.05, 3.63) is 36.9 Å². The van der Waals surface area contributed by atoms with Crippen LogP contribution in [0.25, 0.3) is 0 Å². The van der Waals surface area contributed by atoms with Crippen LogP contribution in [0.2, 0.25) is 0 Å². The lowest BCUT2D eigenvalue weighted by molar-refractivity contribution is 0.480. The van der Waals surface area contributed by atoms with Gasteiger partial charge in [-0.1, -0.05) is 13.0 Å². The molecular formula is C12H19N3. The molecule has 0 aliphatic rings. The largest absolute Gasteiger partial charge is 0.307 e. The zero-order chi connectivity index (χ0) is 10.9. The first-order valence-electron chi connectivity index (χ1n) is 5.49. The summed E-state index contributed by atoms with van der Waals surface area (Å²) in [4.78, 5) is 8.55. The van der Waals surface area contributed by atoms with Gasteiger partial charge in [0.15, 0.2) is 0 Å². The summed E-state index contributed by atoms with van der Waals surface area (Å²) in [7, 11) is 0. The van der Waals surface area contributed by atoms with Crippen LogP contribution in [-0.2, 0) is 0 Å². The molecule has 0 amide bonds. The maximum Gasteiger partial charge on any atom is 0.145 e. The van der Waals surface area contributed by atoms with Gasteiger partial charge in [-0.05, 0) is 31.9 Å². The molecule has 0 fully saturated rings. The van der Waals surface area contributed by atoms with Crippen LogP contribution in [0.15, 0.2) is 31.1 Å². The first kappa shape index (κ1) is 11.9. The Bertz CT molecular complexity index is 271. The molecule has 1 rings (SSSR count). The van der Waals surface area contributed by atoms with Crippen molar-refractivity contribution in [2.45, 2.75) is 32.2 Å². The third kappa shape index (κ3) is 4.21. The second-order valence-electron chi connectivity index (χ2n) is 3.48. The Morgan fingerprint density at radius 1 is 1.47 bits per heavy atom. The van der Waals surface area contributed by atoms with Crippen LogP contribution in [0.1, 0.15) is 38.1 Å². The Labute approximate surface area is 91.7 Å². The summed E-state index contributed by atoms with van der Waals surface area (Å²) in [5, 5.41) is 3.45. The number of allylic oxidation sites excluding steroid dienone is 1. The molecule has 3 nitrogen and oxygen atoms in total. The van der Waals surface area contributed by atoms with E-state index in [4.69, 9.17) is 0 Å². The SMILES string of the molecule is C=CCCC(NCCC)c1ncccn1. The Morgan fingerprint density at radius 3 is 2.80 bits per heavy atom. The van der Waals surface area contributed by atoms with Gasteiger partial charge in [-0.3, -0.25) is 0 Å². The van der Waals surface area contributed by atoms with Gasteiger partial charge in [0.2, 0.25) is 0 Å². The van der Waals surface area contributed by atoms with Crippen LogP contribution in [0.5, 0.6) is 0 Å². The number of hydrogen-bond donors (Lipinski definition) is 1. The maximum absolute atomic E-state index is 4.28. The topological polar surface area (TPSA) is 37.8 Å². The summed E-state index contributed by atoms with van der Waals surface area (Å²) in [6, 6.07) is 2.09. The number of nitrogens with one attached hydrogen (secondary N) is 1. The van der Waals surface area contributed by atoms with E-state index in [1.165, 1.54) is 0 Å². The van der Waals surface area contributed by atoms with E-state index in [1.54, 1.807) is 12.4 Å². The highest BCUT2D eigenvalue weighted by Gasteiger charge is 2.11. The molecule has 1 atom stereocenters. The summed E-state index contributed by atoms with van der Waals surface area (Å²) in [5.74, 6) is 0.882. The van der Waals surface area contributed by atoms with Crippen LogP contribution in [0.4, 0.5) is 0 Å². The van der Waals surface area contributed by atoms with Gasteiger partial charge in [0.1, 0.15) is 5.82 Å². The minimum atomic E-state index is 0.254. The van der Waals surface area contributed by atoms with Gasteiger partial charge in [0.05, 0.1) is 6.04 Å². The van der Waals surface area contributed by atoms with Crippen molar-refractivity contribution in [2.75, 3.05) is 6.54 Å². The molecule has 1 unspecified atom stereocenters. The fraction of sp³-hybridized carbons (Fsp3) is 0.500. The third-order valence-electron chi connectivity index (χ3n) is 2.20. The predicted molar refractivity (Wildman–Crippen MR) is 62.5 cm³/mol. The van der Waals surface area contributed by atoms with Crippen molar-refractivity contribution < 1.29 is 0 Å². The average Bonchev–Trinajstić information content (AvgIpc) is 2.30. The normalized spacial score (nSPS) is 12.3. The molecule has 1 aromatic rings. The van der Waals surface area contributed by atoms with Gasteiger partial charge < -0.3 is 5.32 Å². The van der Waals surface area contributed by atoms with E-state index in [-0.39, 0.29) is 6.04 Å². The van der Waals surface area contributed by atoms with E-state index >= 15 is 0 Å². The molecule has 82 valence electrons. The van der Waals surface area contributed by atoms with E-state index in [2.05, 4.69) is 28.8 Å². The Kier molecular flexibility index (Phi) is 5.63. The Hall–Kier alpha value is -1.22. The minimum absolute atomic E-state index is 0.254. The van der Waals surface area contributed by atoms with E-state index in [0.29, 0.717) is 0 Å². The number of hydrogen-bond acceptors (Lipinski definition) is 3. The molecule has 3 heteroatoms. The van der Waals surface area contributed by atoms with Crippen molar-refractivity contribution in [2.24, 2.45) is 0 Å². The van der Waals surface area contributed by atoms with Gasteiger partial charge in [-0.2, -0.15) is 0 Å². The van der Waals surface area contributed by atoms with Crippen molar-refractivity contribution in [3.63, 3.8) is 0 Å². The molecule has 0 radical (unpaired) electrons. The average molecular weight is 205 g/mol. The van der Waals surface area contributed by atoms with Crippen LogP contribution in [0.3, 0.4) is 0 Å². The van der Waals surface area contributed by atoms with Crippen LogP contribution in [-0.4, -0.2) is 16.5 Å². The molecule has 0 spiro atoms. The highest BCUT2D eigenvalue weighted by atomic mass is 15.0. The van der Waals surface area contributed by atoms with Crippen molar-refractivity contribution >= 4 is 0 Å². The summed E-state index contributed by atoms with van der Waals surface area (Å²) in [6.07, 6.45) is 8.63. The first-order chi connectivity index (χ1) is 7.38. The van der Waals surface area contributed by atoms with E-state index in [0.717, 1.165) is 31.6 Å². The Balaban J connectivity index is 2.58. The first-order valence-corrected chi connectivity index (χ1v) is 5.49. The van der Waals surface area contributed by atoms with Crippen LogP contribution in [0, 0.1) is 0 Å². The fourth-order valence-corrected chi connectivity index (χ4v) is 1.42. The smallest absolute Gasteiger partial charge is 0.145 e. The molecule has 0 aromatic carbocycles. The number of rotatable bonds is 7. The lowest BCUT2D eigenvalue weighted by atomic mass is 10.1. The molecule has 1 N–H and O–H groups in total. The van der Waals surface area contributed by atoms with Gasteiger partial charge in [0, 0.05) is 12.4 Å². The highest BCUT2D eigenvalue weighted by molar-refractivity contribution is 4.96. The number of nitrogens with zero attached hydrogens (tertiary/aromatic N) is 2. The maximum atomic E-state index is 4.28. The quantitative estimate of drug-likeness (QED) is 0.695. The molecule has 0 saturated heterocycles. The van der Waals surface area contributed by atoms with Gasteiger partial charge in [-0.15, -0.1) is 6.58 Å². The van der Waals surface area contributed by atoms with Crippen LogP contribution < -0.4 is 5.32 Å². The van der Waals surface area contributed by atoms with Gasteiger partial charge in [-0.25, -0.2) is 9.97 Å². The van der Waals surface area contributed by atoms with Crippen molar-refractivity contribution in [1.29, 1.82) is 0 Å².